The van der Waals surface area contributed by atoms with Gasteiger partial charge in [0.15, 0.2) is 0 Å². The van der Waals surface area contributed by atoms with Crippen molar-refractivity contribution in [2.75, 3.05) is 5.32 Å². The second-order valence-corrected chi connectivity index (χ2v) is 5.12. The molecule has 0 amide bonds. The molecule has 0 fully saturated rings. The van der Waals surface area contributed by atoms with Gasteiger partial charge in [0.2, 0.25) is 0 Å². The first-order valence-electron chi connectivity index (χ1n) is 6.71. The van der Waals surface area contributed by atoms with Gasteiger partial charge >= 0.3 is 0 Å². The molecule has 0 spiro atoms. The van der Waals surface area contributed by atoms with E-state index >= 15 is 0 Å². The number of hydrogen-bond donors (Lipinski definition) is 1. The highest BCUT2D eigenvalue weighted by atomic mass is 35.5. The SMILES string of the molecule is Cn1ncc(NCc2ccn(-c3ccccc3)n2)c(Cl)c1=O. The van der Waals surface area contributed by atoms with Crippen molar-refractivity contribution in [2.45, 2.75) is 6.54 Å². The number of hydrogen-bond acceptors (Lipinski definition) is 4. The van der Waals surface area contributed by atoms with Crippen LogP contribution in [0.1, 0.15) is 5.69 Å². The second-order valence-electron chi connectivity index (χ2n) is 4.74. The number of para-hydroxylation sites is 1. The van der Waals surface area contributed by atoms with Crippen molar-refractivity contribution in [3.8, 4) is 5.69 Å². The normalized spacial score (nSPS) is 10.6. The van der Waals surface area contributed by atoms with Gasteiger partial charge in [0, 0.05) is 13.2 Å². The Morgan fingerprint density at radius 1 is 1.23 bits per heavy atom. The van der Waals surface area contributed by atoms with Gasteiger partial charge in [0.1, 0.15) is 5.02 Å². The minimum atomic E-state index is -0.332. The summed E-state index contributed by atoms with van der Waals surface area (Å²) in [5.41, 5.74) is 1.99. The Balaban J connectivity index is 1.74. The summed E-state index contributed by atoms with van der Waals surface area (Å²) in [6.07, 6.45) is 3.41. The molecule has 0 saturated carbocycles. The Kier molecular flexibility index (Phi) is 3.93. The lowest BCUT2D eigenvalue weighted by Gasteiger charge is -2.07. The van der Waals surface area contributed by atoms with E-state index in [-0.39, 0.29) is 10.6 Å². The van der Waals surface area contributed by atoms with E-state index in [0.29, 0.717) is 12.2 Å². The average molecular weight is 316 g/mol. The van der Waals surface area contributed by atoms with Gasteiger partial charge in [-0.1, -0.05) is 29.8 Å². The fourth-order valence-electron chi connectivity index (χ4n) is 2.00. The fraction of sp³-hybridized carbons (Fsp3) is 0.133. The van der Waals surface area contributed by atoms with Crippen molar-refractivity contribution < 1.29 is 0 Å². The van der Waals surface area contributed by atoms with Gasteiger partial charge < -0.3 is 5.32 Å². The Morgan fingerprint density at radius 3 is 2.77 bits per heavy atom. The van der Waals surface area contributed by atoms with Crippen molar-refractivity contribution in [2.24, 2.45) is 7.05 Å². The van der Waals surface area contributed by atoms with Gasteiger partial charge in [-0.25, -0.2) is 9.36 Å². The van der Waals surface area contributed by atoms with Crippen LogP contribution in [0.25, 0.3) is 5.69 Å². The molecule has 22 heavy (non-hydrogen) atoms. The first kappa shape index (κ1) is 14.3. The summed E-state index contributed by atoms with van der Waals surface area (Å²) in [5.74, 6) is 0. The maximum absolute atomic E-state index is 11.7. The molecule has 2 heterocycles. The largest absolute Gasteiger partial charge is 0.377 e. The van der Waals surface area contributed by atoms with Gasteiger partial charge in [-0.15, -0.1) is 0 Å². The highest BCUT2D eigenvalue weighted by Gasteiger charge is 2.08. The van der Waals surface area contributed by atoms with E-state index in [0.717, 1.165) is 11.4 Å². The second kappa shape index (κ2) is 6.03. The fourth-order valence-corrected chi connectivity index (χ4v) is 2.24. The zero-order chi connectivity index (χ0) is 15.5. The van der Waals surface area contributed by atoms with Crippen LogP contribution in [0.3, 0.4) is 0 Å². The van der Waals surface area contributed by atoms with Gasteiger partial charge in [0.25, 0.3) is 5.56 Å². The minimum Gasteiger partial charge on any atom is -0.377 e. The maximum Gasteiger partial charge on any atom is 0.287 e. The van der Waals surface area contributed by atoms with Gasteiger partial charge in [-0.2, -0.15) is 10.2 Å². The molecule has 3 aromatic rings. The summed E-state index contributed by atoms with van der Waals surface area (Å²) in [6, 6.07) is 11.7. The van der Waals surface area contributed by atoms with Crippen LogP contribution in [0.5, 0.6) is 0 Å². The highest BCUT2D eigenvalue weighted by Crippen LogP contribution is 2.16. The van der Waals surface area contributed by atoms with Gasteiger partial charge in [0.05, 0.1) is 29.8 Å². The number of rotatable bonds is 4. The molecule has 112 valence electrons. The maximum atomic E-state index is 11.7. The monoisotopic (exact) mass is 315 g/mol. The summed E-state index contributed by atoms with van der Waals surface area (Å²) >= 11 is 6.00. The van der Waals surface area contributed by atoms with Gasteiger partial charge in [-0.3, -0.25) is 4.79 Å². The third-order valence-electron chi connectivity index (χ3n) is 3.20. The summed E-state index contributed by atoms with van der Waals surface area (Å²) in [4.78, 5) is 11.7. The molecule has 0 aliphatic carbocycles. The van der Waals surface area contributed by atoms with Crippen LogP contribution in [0.2, 0.25) is 5.02 Å². The third kappa shape index (κ3) is 2.87. The molecule has 0 aliphatic rings. The Bertz CT molecular complexity index is 841. The van der Waals surface area contributed by atoms with E-state index in [1.165, 1.54) is 10.9 Å². The van der Waals surface area contributed by atoms with E-state index in [9.17, 15) is 4.79 Å². The van der Waals surface area contributed by atoms with E-state index in [4.69, 9.17) is 11.6 Å². The first-order valence-corrected chi connectivity index (χ1v) is 7.08. The molecule has 1 aromatic carbocycles. The Morgan fingerprint density at radius 2 is 2.00 bits per heavy atom. The van der Waals surface area contributed by atoms with Crippen LogP contribution in [-0.4, -0.2) is 19.6 Å². The summed E-state index contributed by atoms with van der Waals surface area (Å²) in [5, 5.41) is 11.6. The molecule has 0 bridgehead atoms. The number of nitrogens with one attached hydrogen (secondary N) is 1. The molecule has 0 atom stereocenters. The molecule has 0 radical (unpaired) electrons. The smallest absolute Gasteiger partial charge is 0.287 e. The number of aryl methyl sites for hydroxylation is 1. The van der Waals surface area contributed by atoms with E-state index in [2.05, 4.69) is 15.5 Å². The molecule has 3 rings (SSSR count). The molecule has 6 nitrogen and oxygen atoms in total. The van der Waals surface area contributed by atoms with Crippen LogP contribution in [-0.2, 0) is 13.6 Å². The number of nitrogens with zero attached hydrogens (tertiary/aromatic N) is 4. The van der Waals surface area contributed by atoms with E-state index in [1.54, 1.807) is 11.7 Å². The van der Waals surface area contributed by atoms with Crippen LogP contribution in [0, 0.1) is 0 Å². The highest BCUT2D eigenvalue weighted by molar-refractivity contribution is 6.32. The standard InChI is InChI=1S/C15H14ClN5O/c1-20-15(22)14(16)13(10-18-20)17-9-11-7-8-21(19-11)12-5-3-2-4-6-12/h2-8,10,17H,9H2,1H3. The van der Waals surface area contributed by atoms with Crippen molar-refractivity contribution in [3.63, 3.8) is 0 Å². The number of halogens is 1. The predicted octanol–water partition coefficient (Wildman–Crippen LogP) is 2.23. The number of aromatic nitrogens is 4. The third-order valence-corrected chi connectivity index (χ3v) is 3.57. The average Bonchev–Trinajstić information content (AvgIpc) is 3.02. The molecular weight excluding hydrogens is 302 g/mol. The van der Waals surface area contributed by atoms with Crippen LogP contribution >= 0.6 is 11.6 Å². The first-order chi connectivity index (χ1) is 10.6. The summed E-state index contributed by atoms with van der Waals surface area (Å²) in [6.45, 7) is 0.453. The molecule has 0 unspecified atom stereocenters. The quantitative estimate of drug-likeness (QED) is 0.802. The summed E-state index contributed by atoms with van der Waals surface area (Å²) < 4.78 is 2.98. The van der Waals surface area contributed by atoms with Gasteiger partial charge in [-0.05, 0) is 18.2 Å². The van der Waals surface area contributed by atoms with E-state index in [1.807, 2.05) is 42.6 Å². The molecule has 0 aliphatic heterocycles. The van der Waals surface area contributed by atoms with Crippen molar-refractivity contribution >= 4 is 17.3 Å². The van der Waals surface area contributed by atoms with Crippen molar-refractivity contribution in [1.29, 1.82) is 0 Å². The lowest BCUT2D eigenvalue weighted by Crippen LogP contribution is -2.21. The zero-order valence-electron chi connectivity index (χ0n) is 11.9. The zero-order valence-corrected chi connectivity index (χ0v) is 12.7. The number of anilines is 1. The Labute approximate surface area is 132 Å². The predicted molar refractivity (Wildman–Crippen MR) is 85.4 cm³/mol. The molecule has 1 N–H and O–H groups in total. The lowest BCUT2D eigenvalue weighted by atomic mass is 10.3. The topological polar surface area (TPSA) is 64.7 Å². The molecule has 7 heteroatoms. The van der Waals surface area contributed by atoms with Crippen LogP contribution in [0.15, 0.2) is 53.6 Å². The van der Waals surface area contributed by atoms with Crippen molar-refractivity contribution in [1.82, 2.24) is 19.6 Å². The van der Waals surface area contributed by atoms with Crippen LogP contribution < -0.4 is 10.9 Å². The number of benzene rings is 1. The van der Waals surface area contributed by atoms with Crippen molar-refractivity contribution in [3.05, 3.63) is 69.9 Å². The molecular formula is C15H14ClN5O. The van der Waals surface area contributed by atoms with Crippen LogP contribution in [0.4, 0.5) is 5.69 Å². The minimum absolute atomic E-state index is 0.125. The summed E-state index contributed by atoms with van der Waals surface area (Å²) in [7, 11) is 1.56. The van der Waals surface area contributed by atoms with E-state index < -0.39 is 0 Å². The lowest BCUT2D eigenvalue weighted by molar-refractivity contribution is 0.708. The molecule has 2 aromatic heterocycles. The molecule has 0 saturated heterocycles. The Hall–Kier alpha value is -2.60.